The quantitative estimate of drug-likeness (QED) is 0.179. The first-order valence-electron chi connectivity index (χ1n) is 10.7. The Morgan fingerprint density at radius 2 is 0.531 bits per heavy atom. The van der Waals surface area contributed by atoms with E-state index >= 15 is 0 Å². The first kappa shape index (κ1) is 21.8. The monoisotopic (exact) mass is 476 g/mol. The van der Waals surface area contributed by atoms with Crippen LogP contribution in [0.25, 0.3) is 11.1 Å². The van der Waals surface area contributed by atoms with Crippen molar-refractivity contribution in [3.63, 3.8) is 0 Å². The Kier molecular flexibility index (Phi) is 7.32. The predicted octanol–water partition coefficient (Wildman–Crippen LogP) is 8.73. The molecule has 5 aromatic carbocycles. The van der Waals surface area contributed by atoms with Crippen LogP contribution in [-0.4, -0.2) is 0 Å². The lowest BCUT2D eigenvalue weighted by Gasteiger charge is -2.29. The summed E-state index contributed by atoms with van der Waals surface area (Å²) in [5, 5.41) is 0. The standard InChI is InChI=1S/C19H15Br.C12H10/c20-19(16-10-4-1-5-11-16,17-12-6-2-7-13-17)18-14-8-3-9-15-18;1-3-7-11(8-4-1)12-9-5-2-6-10-12/h1-15H;1-10H. The normalized spacial score (nSPS) is 10.7. The van der Waals surface area contributed by atoms with Crippen molar-refractivity contribution in [1.82, 2.24) is 0 Å². The lowest BCUT2D eigenvalue weighted by molar-refractivity contribution is 0.917. The van der Waals surface area contributed by atoms with Gasteiger partial charge >= 0.3 is 0 Å². The van der Waals surface area contributed by atoms with E-state index in [1.54, 1.807) is 0 Å². The topological polar surface area (TPSA) is 0 Å². The molecule has 0 nitrogen and oxygen atoms in total. The van der Waals surface area contributed by atoms with Gasteiger partial charge in [0, 0.05) is 0 Å². The van der Waals surface area contributed by atoms with Crippen molar-refractivity contribution in [3.8, 4) is 11.1 Å². The van der Waals surface area contributed by atoms with Crippen LogP contribution in [0.5, 0.6) is 0 Å². The maximum absolute atomic E-state index is 4.01. The van der Waals surface area contributed by atoms with Crippen molar-refractivity contribution >= 4 is 15.9 Å². The highest BCUT2D eigenvalue weighted by atomic mass is 79.9. The van der Waals surface area contributed by atoms with Gasteiger partial charge in [-0.2, -0.15) is 0 Å². The SMILES string of the molecule is BrC(c1ccccc1)(c1ccccc1)c1ccccc1.c1ccc(-c2ccccc2)cc1. The van der Waals surface area contributed by atoms with Gasteiger partial charge in [-0.15, -0.1) is 0 Å². The van der Waals surface area contributed by atoms with E-state index in [0.29, 0.717) is 0 Å². The summed E-state index contributed by atoms with van der Waals surface area (Å²) in [6.45, 7) is 0. The first-order chi connectivity index (χ1) is 15.8. The summed E-state index contributed by atoms with van der Waals surface area (Å²) >= 11 is 4.01. The number of hydrogen-bond donors (Lipinski definition) is 0. The van der Waals surface area contributed by atoms with Gasteiger partial charge in [0.2, 0.25) is 0 Å². The van der Waals surface area contributed by atoms with Gasteiger partial charge in [-0.1, -0.05) is 168 Å². The molecule has 0 aromatic heterocycles. The van der Waals surface area contributed by atoms with Gasteiger partial charge in [0.1, 0.15) is 4.32 Å². The van der Waals surface area contributed by atoms with Gasteiger partial charge in [-0.3, -0.25) is 0 Å². The van der Waals surface area contributed by atoms with E-state index in [4.69, 9.17) is 0 Å². The molecule has 0 aliphatic rings. The van der Waals surface area contributed by atoms with E-state index in [2.05, 4.69) is 137 Å². The lowest BCUT2D eigenvalue weighted by Crippen LogP contribution is -2.21. The molecule has 156 valence electrons. The zero-order valence-corrected chi connectivity index (χ0v) is 19.4. The predicted molar refractivity (Wildman–Crippen MR) is 140 cm³/mol. The van der Waals surface area contributed by atoms with Crippen LogP contribution in [0, 0.1) is 0 Å². The number of halogens is 1. The Hall–Kier alpha value is -3.42. The third kappa shape index (κ3) is 5.07. The minimum absolute atomic E-state index is 0.309. The van der Waals surface area contributed by atoms with Crippen LogP contribution in [0.2, 0.25) is 0 Å². The highest BCUT2D eigenvalue weighted by molar-refractivity contribution is 9.10. The molecule has 0 aliphatic carbocycles. The third-order valence-corrected chi connectivity index (χ3v) is 6.77. The smallest absolute Gasteiger partial charge is 0.0696 e. The lowest BCUT2D eigenvalue weighted by atomic mass is 9.85. The van der Waals surface area contributed by atoms with E-state index < -0.39 is 0 Å². The Morgan fingerprint density at radius 1 is 0.312 bits per heavy atom. The second-order valence-electron chi connectivity index (χ2n) is 7.49. The van der Waals surface area contributed by atoms with Crippen molar-refractivity contribution in [2.24, 2.45) is 0 Å². The van der Waals surface area contributed by atoms with E-state index in [1.807, 2.05) is 30.3 Å². The molecule has 0 saturated heterocycles. The molecule has 0 spiro atoms. The van der Waals surface area contributed by atoms with E-state index in [9.17, 15) is 0 Å². The molecule has 0 saturated carbocycles. The molecular formula is C31H25Br. The van der Waals surface area contributed by atoms with Crippen LogP contribution in [0.15, 0.2) is 152 Å². The number of hydrogen-bond acceptors (Lipinski definition) is 0. The molecule has 5 aromatic rings. The molecule has 32 heavy (non-hydrogen) atoms. The molecule has 0 amide bonds. The Balaban J connectivity index is 0.000000174. The number of rotatable bonds is 4. The highest BCUT2D eigenvalue weighted by Gasteiger charge is 2.32. The van der Waals surface area contributed by atoms with Crippen LogP contribution in [-0.2, 0) is 4.32 Å². The fourth-order valence-electron chi connectivity index (χ4n) is 3.76. The molecule has 1 heteroatoms. The van der Waals surface area contributed by atoms with Crippen molar-refractivity contribution < 1.29 is 0 Å². The second kappa shape index (κ2) is 10.7. The van der Waals surface area contributed by atoms with Gasteiger partial charge in [-0.05, 0) is 27.8 Å². The summed E-state index contributed by atoms with van der Waals surface area (Å²) in [7, 11) is 0. The molecule has 0 unspecified atom stereocenters. The molecule has 0 atom stereocenters. The van der Waals surface area contributed by atoms with Crippen molar-refractivity contribution in [2.75, 3.05) is 0 Å². The van der Waals surface area contributed by atoms with E-state index in [0.717, 1.165) is 0 Å². The van der Waals surface area contributed by atoms with Crippen LogP contribution < -0.4 is 0 Å². The second-order valence-corrected chi connectivity index (χ2v) is 8.68. The summed E-state index contributed by atoms with van der Waals surface area (Å²) in [5.41, 5.74) is 6.25. The molecule has 0 bridgehead atoms. The highest BCUT2D eigenvalue weighted by Crippen LogP contribution is 2.44. The van der Waals surface area contributed by atoms with E-state index in [1.165, 1.54) is 27.8 Å². The molecule has 0 radical (unpaired) electrons. The summed E-state index contributed by atoms with van der Waals surface area (Å²) in [4.78, 5) is 0. The van der Waals surface area contributed by atoms with Gasteiger partial charge in [-0.25, -0.2) is 0 Å². The van der Waals surface area contributed by atoms with E-state index in [-0.39, 0.29) is 4.32 Å². The van der Waals surface area contributed by atoms with Gasteiger partial charge in [0.15, 0.2) is 0 Å². The molecule has 5 rings (SSSR count). The summed E-state index contributed by atoms with van der Waals surface area (Å²) in [5.74, 6) is 0. The van der Waals surface area contributed by atoms with Crippen molar-refractivity contribution in [3.05, 3.63) is 168 Å². The van der Waals surface area contributed by atoms with Gasteiger partial charge < -0.3 is 0 Å². The maximum atomic E-state index is 4.01. The maximum Gasteiger partial charge on any atom is 0.100 e. The average molecular weight is 477 g/mol. The molecule has 0 fully saturated rings. The summed E-state index contributed by atoms with van der Waals surface area (Å²) in [6.07, 6.45) is 0. The molecular weight excluding hydrogens is 452 g/mol. The third-order valence-electron chi connectivity index (χ3n) is 5.40. The Bertz CT molecular complexity index is 1050. The van der Waals surface area contributed by atoms with Crippen molar-refractivity contribution in [2.45, 2.75) is 4.32 Å². The fourth-order valence-corrected chi connectivity index (χ4v) is 4.56. The Labute approximate surface area is 199 Å². The number of benzene rings is 5. The first-order valence-corrected chi connectivity index (χ1v) is 11.5. The summed E-state index contributed by atoms with van der Waals surface area (Å²) in [6, 6.07) is 52.4. The van der Waals surface area contributed by atoms with Crippen LogP contribution in [0.1, 0.15) is 16.7 Å². The van der Waals surface area contributed by atoms with Crippen molar-refractivity contribution in [1.29, 1.82) is 0 Å². The minimum Gasteiger partial charge on any atom is -0.0696 e. The van der Waals surface area contributed by atoms with Crippen LogP contribution in [0.3, 0.4) is 0 Å². The molecule has 0 heterocycles. The van der Waals surface area contributed by atoms with Crippen LogP contribution >= 0.6 is 15.9 Å². The molecule has 0 aliphatic heterocycles. The number of alkyl halides is 1. The van der Waals surface area contributed by atoms with Gasteiger partial charge in [0.25, 0.3) is 0 Å². The van der Waals surface area contributed by atoms with Gasteiger partial charge in [0.05, 0.1) is 0 Å². The minimum atomic E-state index is -0.309. The van der Waals surface area contributed by atoms with Crippen LogP contribution in [0.4, 0.5) is 0 Å². The zero-order valence-electron chi connectivity index (χ0n) is 17.8. The largest absolute Gasteiger partial charge is 0.100 e. The fraction of sp³-hybridized carbons (Fsp3) is 0.0323. The molecule has 0 N–H and O–H groups in total. The Morgan fingerprint density at radius 3 is 0.781 bits per heavy atom. The average Bonchev–Trinajstić information content (AvgIpc) is 2.91. The zero-order chi connectivity index (χ0) is 22.1. The summed E-state index contributed by atoms with van der Waals surface area (Å²) < 4.78 is -0.309.